The summed E-state index contributed by atoms with van der Waals surface area (Å²) in [6.45, 7) is 8.17. The molecule has 0 heterocycles. The van der Waals surface area contributed by atoms with Gasteiger partial charge in [0.2, 0.25) is 5.91 Å². The summed E-state index contributed by atoms with van der Waals surface area (Å²) in [6.07, 6.45) is 1.29. The SMILES string of the molecule is C=CC(=O)NC(C)(C)CN(C)C. The van der Waals surface area contributed by atoms with Gasteiger partial charge in [-0.25, -0.2) is 0 Å². The Labute approximate surface area is 74.4 Å². The van der Waals surface area contributed by atoms with Gasteiger partial charge in [-0.1, -0.05) is 6.58 Å². The first-order chi connectivity index (χ1) is 5.37. The number of hydrogen-bond acceptors (Lipinski definition) is 2. The summed E-state index contributed by atoms with van der Waals surface area (Å²) in [5, 5.41) is 2.84. The number of nitrogens with one attached hydrogen (secondary N) is 1. The van der Waals surface area contributed by atoms with Crippen molar-refractivity contribution in [3.63, 3.8) is 0 Å². The van der Waals surface area contributed by atoms with Crippen LogP contribution in [0.5, 0.6) is 0 Å². The summed E-state index contributed by atoms with van der Waals surface area (Å²) in [5.41, 5.74) is -0.200. The Balaban J connectivity index is 4.02. The van der Waals surface area contributed by atoms with Crippen molar-refractivity contribution in [3.8, 4) is 0 Å². The van der Waals surface area contributed by atoms with Gasteiger partial charge in [-0.3, -0.25) is 4.79 Å². The molecule has 0 spiro atoms. The predicted molar refractivity (Wildman–Crippen MR) is 51.0 cm³/mol. The Bertz CT molecular complexity index is 173. The van der Waals surface area contributed by atoms with E-state index < -0.39 is 0 Å². The van der Waals surface area contributed by atoms with Crippen LogP contribution in [-0.2, 0) is 4.79 Å². The molecule has 0 aliphatic rings. The molecule has 0 aromatic rings. The van der Waals surface area contributed by atoms with Crippen molar-refractivity contribution in [1.82, 2.24) is 10.2 Å². The molecule has 1 N–H and O–H groups in total. The van der Waals surface area contributed by atoms with E-state index >= 15 is 0 Å². The van der Waals surface area contributed by atoms with Crippen LogP contribution in [0.1, 0.15) is 13.8 Å². The molecule has 0 aliphatic carbocycles. The molecule has 0 fully saturated rings. The first-order valence-corrected chi connectivity index (χ1v) is 3.97. The van der Waals surface area contributed by atoms with E-state index in [-0.39, 0.29) is 11.4 Å². The Kier molecular flexibility index (Phi) is 3.96. The Hall–Kier alpha value is -0.830. The summed E-state index contributed by atoms with van der Waals surface area (Å²) >= 11 is 0. The number of carbonyl (C=O) groups is 1. The molecule has 0 radical (unpaired) electrons. The van der Waals surface area contributed by atoms with Gasteiger partial charge in [-0.2, -0.15) is 0 Å². The number of likely N-dealkylation sites (N-methyl/N-ethyl adjacent to an activating group) is 1. The lowest BCUT2D eigenvalue weighted by atomic mass is 10.1. The summed E-state index contributed by atoms with van der Waals surface area (Å²) in [6, 6.07) is 0. The van der Waals surface area contributed by atoms with Crippen LogP contribution in [0.2, 0.25) is 0 Å². The Morgan fingerprint density at radius 1 is 1.58 bits per heavy atom. The van der Waals surface area contributed by atoms with Gasteiger partial charge in [-0.05, 0) is 34.0 Å². The van der Waals surface area contributed by atoms with Crippen LogP contribution in [0.15, 0.2) is 12.7 Å². The molecular formula is C9H18N2O. The Morgan fingerprint density at radius 2 is 2.08 bits per heavy atom. The van der Waals surface area contributed by atoms with Gasteiger partial charge in [0.25, 0.3) is 0 Å². The van der Waals surface area contributed by atoms with Crippen LogP contribution >= 0.6 is 0 Å². The molecule has 0 aliphatic heterocycles. The number of rotatable bonds is 4. The number of nitrogens with zero attached hydrogens (tertiary/aromatic N) is 1. The van der Waals surface area contributed by atoms with Crippen molar-refractivity contribution >= 4 is 5.91 Å². The van der Waals surface area contributed by atoms with E-state index in [1.165, 1.54) is 6.08 Å². The second-order valence-corrected chi connectivity index (χ2v) is 3.82. The van der Waals surface area contributed by atoms with Crippen LogP contribution in [0.3, 0.4) is 0 Å². The minimum Gasteiger partial charge on any atom is -0.346 e. The predicted octanol–water partition coefficient (Wildman–Crippen LogP) is 0.629. The summed E-state index contributed by atoms with van der Waals surface area (Å²) in [4.78, 5) is 13.0. The molecule has 1 amide bonds. The molecular weight excluding hydrogens is 152 g/mol. The third kappa shape index (κ3) is 4.91. The van der Waals surface area contributed by atoms with Gasteiger partial charge in [-0.15, -0.1) is 0 Å². The highest BCUT2D eigenvalue weighted by atomic mass is 16.1. The quantitative estimate of drug-likeness (QED) is 0.628. The molecule has 0 bridgehead atoms. The first kappa shape index (κ1) is 11.2. The van der Waals surface area contributed by atoms with Gasteiger partial charge >= 0.3 is 0 Å². The lowest BCUT2D eigenvalue weighted by molar-refractivity contribution is -0.118. The number of hydrogen-bond donors (Lipinski definition) is 1. The van der Waals surface area contributed by atoms with Gasteiger partial charge < -0.3 is 10.2 Å². The van der Waals surface area contributed by atoms with Crippen LogP contribution in [-0.4, -0.2) is 37.0 Å². The van der Waals surface area contributed by atoms with Crippen molar-refractivity contribution in [2.24, 2.45) is 0 Å². The molecule has 0 atom stereocenters. The summed E-state index contributed by atoms with van der Waals surface area (Å²) < 4.78 is 0. The average molecular weight is 170 g/mol. The zero-order chi connectivity index (χ0) is 9.78. The van der Waals surface area contributed by atoms with Crippen molar-refractivity contribution in [2.45, 2.75) is 19.4 Å². The lowest BCUT2D eigenvalue weighted by Gasteiger charge is -2.28. The molecule has 0 aromatic carbocycles. The second-order valence-electron chi connectivity index (χ2n) is 3.82. The van der Waals surface area contributed by atoms with Crippen LogP contribution in [0.25, 0.3) is 0 Å². The second kappa shape index (κ2) is 4.26. The highest BCUT2D eigenvalue weighted by Crippen LogP contribution is 2.02. The summed E-state index contributed by atoms with van der Waals surface area (Å²) in [5.74, 6) is -0.123. The minimum atomic E-state index is -0.200. The molecule has 12 heavy (non-hydrogen) atoms. The fraction of sp³-hybridized carbons (Fsp3) is 0.667. The van der Waals surface area contributed by atoms with Crippen molar-refractivity contribution in [3.05, 3.63) is 12.7 Å². The van der Waals surface area contributed by atoms with Crippen molar-refractivity contribution in [1.29, 1.82) is 0 Å². The van der Waals surface area contributed by atoms with Gasteiger partial charge in [0, 0.05) is 12.1 Å². The zero-order valence-electron chi connectivity index (χ0n) is 8.35. The van der Waals surface area contributed by atoms with Crippen LogP contribution in [0.4, 0.5) is 0 Å². The molecule has 0 aromatic heterocycles. The number of amides is 1. The molecule has 0 saturated carbocycles. The normalized spacial score (nSPS) is 11.4. The third-order valence-electron chi connectivity index (χ3n) is 1.36. The monoisotopic (exact) mass is 170 g/mol. The number of carbonyl (C=O) groups excluding carboxylic acids is 1. The molecule has 3 heteroatoms. The highest BCUT2D eigenvalue weighted by molar-refractivity contribution is 5.87. The topological polar surface area (TPSA) is 32.3 Å². The maximum absolute atomic E-state index is 11.0. The van der Waals surface area contributed by atoms with E-state index in [1.54, 1.807) is 0 Å². The van der Waals surface area contributed by atoms with E-state index in [0.29, 0.717) is 0 Å². The van der Waals surface area contributed by atoms with Gasteiger partial charge in [0.05, 0.1) is 0 Å². The molecule has 70 valence electrons. The van der Waals surface area contributed by atoms with E-state index in [4.69, 9.17) is 0 Å². The van der Waals surface area contributed by atoms with E-state index in [0.717, 1.165) is 6.54 Å². The maximum atomic E-state index is 11.0. The highest BCUT2D eigenvalue weighted by Gasteiger charge is 2.19. The molecule has 0 rings (SSSR count). The van der Waals surface area contributed by atoms with Crippen LogP contribution < -0.4 is 5.32 Å². The standard InChI is InChI=1S/C9H18N2O/c1-6-8(12)10-9(2,3)7-11(4)5/h6H,1,7H2,2-5H3,(H,10,12). The Morgan fingerprint density at radius 3 is 2.42 bits per heavy atom. The lowest BCUT2D eigenvalue weighted by Crippen LogP contribution is -2.49. The third-order valence-corrected chi connectivity index (χ3v) is 1.36. The van der Waals surface area contributed by atoms with E-state index in [1.807, 2.05) is 32.8 Å². The van der Waals surface area contributed by atoms with Gasteiger partial charge in [0.1, 0.15) is 0 Å². The molecule has 0 unspecified atom stereocenters. The van der Waals surface area contributed by atoms with Crippen molar-refractivity contribution < 1.29 is 4.79 Å². The average Bonchev–Trinajstić information content (AvgIpc) is 1.83. The molecule has 3 nitrogen and oxygen atoms in total. The van der Waals surface area contributed by atoms with Crippen molar-refractivity contribution in [2.75, 3.05) is 20.6 Å². The van der Waals surface area contributed by atoms with E-state index in [9.17, 15) is 4.79 Å². The minimum absolute atomic E-state index is 0.123. The first-order valence-electron chi connectivity index (χ1n) is 3.97. The maximum Gasteiger partial charge on any atom is 0.243 e. The fourth-order valence-electron chi connectivity index (χ4n) is 1.21. The summed E-state index contributed by atoms with van der Waals surface area (Å²) in [7, 11) is 3.95. The largest absolute Gasteiger partial charge is 0.346 e. The fourth-order valence-corrected chi connectivity index (χ4v) is 1.21. The van der Waals surface area contributed by atoms with E-state index in [2.05, 4.69) is 11.9 Å². The van der Waals surface area contributed by atoms with Crippen LogP contribution in [0, 0.1) is 0 Å². The smallest absolute Gasteiger partial charge is 0.243 e. The zero-order valence-corrected chi connectivity index (χ0v) is 8.35. The van der Waals surface area contributed by atoms with Gasteiger partial charge in [0.15, 0.2) is 0 Å². The molecule has 0 saturated heterocycles.